The van der Waals surface area contributed by atoms with Crippen molar-refractivity contribution in [2.45, 2.75) is 9.79 Å². The highest BCUT2D eigenvalue weighted by Crippen LogP contribution is 2.27. The average Bonchev–Trinajstić information content (AvgIpc) is 2.64. The Morgan fingerprint density at radius 1 is 1.40 bits per heavy atom. The quantitative estimate of drug-likeness (QED) is 0.772. The molecule has 1 heterocycles. The second kappa shape index (κ2) is 4.20. The predicted molar refractivity (Wildman–Crippen MR) is 58.5 cm³/mol. The second-order valence-corrected chi connectivity index (χ2v) is 4.24. The molecule has 0 saturated carbocycles. The van der Waals surface area contributed by atoms with Gasteiger partial charge >= 0.3 is 0 Å². The lowest BCUT2D eigenvalue weighted by Gasteiger charge is -1.97. The van der Waals surface area contributed by atoms with E-state index < -0.39 is 0 Å². The van der Waals surface area contributed by atoms with E-state index in [1.165, 1.54) is 0 Å². The molecule has 2 rings (SSSR count). The Hall–Kier alpha value is -1.73. The molecule has 0 aliphatic carbocycles. The summed E-state index contributed by atoms with van der Waals surface area (Å²) < 4.78 is 1.76. The molecule has 0 aliphatic rings. The van der Waals surface area contributed by atoms with Gasteiger partial charge in [0.15, 0.2) is 0 Å². The van der Waals surface area contributed by atoms with Gasteiger partial charge in [-0.1, -0.05) is 17.8 Å². The van der Waals surface area contributed by atoms with Crippen LogP contribution in [0, 0.1) is 11.3 Å². The Morgan fingerprint density at radius 2 is 2.27 bits per heavy atom. The van der Waals surface area contributed by atoms with Crippen LogP contribution in [0.3, 0.4) is 0 Å². The lowest BCUT2D eigenvalue weighted by atomic mass is 10.2. The highest BCUT2D eigenvalue weighted by molar-refractivity contribution is 7.99. The molecule has 0 atom stereocenters. The highest BCUT2D eigenvalue weighted by Gasteiger charge is 2.00. The second-order valence-electron chi connectivity index (χ2n) is 3.09. The summed E-state index contributed by atoms with van der Waals surface area (Å²) in [5.74, 6) is 0. The first kappa shape index (κ1) is 9.81. The lowest BCUT2D eigenvalue weighted by Crippen LogP contribution is -1.83. The van der Waals surface area contributed by atoms with E-state index in [2.05, 4.69) is 11.2 Å². The standard InChI is InChI=1S/C11H9N3S/c1-14-8-11(7-13-14)15-10-4-2-3-9(5-10)6-12/h2-5,7-8H,1H3. The van der Waals surface area contributed by atoms with Gasteiger partial charge in [0.25, 0.3) is 0 Å². The Balaban J connectivity index is 2.21. The fourth-order valence-electron chi connectivity index (χ4n) is 1.22. The third-order valence-corrected chi connectivity index (χ3v) is 2.82. The van der Waals surface area contributed by atoms with Gasteiger partial charge < -0.3 is 0 Å². The van der Waals surface area contributed by atoms with Crippen LogP contribution in [-0.2, 0) is 7.05 Å². The molecular weight excluding hydrogens is 206 g/mol. The first-order valence-electron chi connectivity index (χ1n) is 4.44. The summed E-state index contributed by atoms with van der Waals surface area (Å²) in [5, 5.41) is 12.8. The first-order valence-corrected chi connectivity index (χ1v) is 5.26. The predicted octanol–water partition coefficient (Wildman–Crippen LogP) is 2.44. The number of hydrogen-bond donors (Lipinski definition) is 0. The van der Waals surface area contributed by atoms with E-state index in [0.717, 1.165) is 9.79 Å². The summed E-state index contributed by atoms with van der Waals surface area (Å²) in [6, 6.07) is 9.67. The van der Waals surface area contributed by atoms with Crippen molar-refractivity contribution >= 4 is 11.8 Å². The van der Waals surface area contributed by atoms with Crippen molar-refractivity contribution in [3.8, 4) is 6.07 Å². The minimum atomic E-state index is 0.684. The lowest BCUT2D eigenvalue weighted by molar-refractivity contribution is 0.766. The van der Waals surface area contributed by atoms with Crippen molar-refractivity contribution in [1.29, 1.82) is 5.26 Å². The maximum absolute atomic E-state index is 8.76. The average molecular weight is 215 g/mol. The summed E-state index contributed by atoms with van der Waals surface area (Å²) in [6.07, 6.45) is 3.76. The van der Waals surface area contributed by atoms with Crippen LogP contribution < -0.4 is 0 Å². The molecule has 0 saturated heterocycles. The SMILES string of the molecule is Cn1cc(Sc2cccc(C#N)c2)cn1. The van der Waals surface area contributed by atoms with Gasteiger partial charge in [-0.2, -0.15) is 10.4 Å². The fraction of sp³-hybridized carbons (Fsp3) is 0.0909. The van der Waals surface area contributed by atoms with Gasteiger partial charge in [0.05, 0.1) is 22.7 Å². The van der Waals surface area contributed by atoms with Gasteiger partial charge in [0, 0.05) is 18.1 Å². The fourth-order valence-corrected chi connectivity index (χ4v) is 2.13. The van der Waals surface area contributed by atoms with E-state index in [9.17, 15) is 0 Å². The number of aryl methyl sites for hydroxylation is 1. The summed E-state index contributed by atoms with van der Waals surface area (Å²) >= 11 is 1.60. The van der Waals surface area contributed by atoms with Crippen molar-refractivity contribution in [3.05, 3.63) is 42.2 Å². The highest BCUT2D eigenvalue weighted by atomic mass is 32.2. The summed E-state index contributed by atoms with van der Waals surface area (Å²) in [6.45, 7) is 0. The van der Waals surface area contributed by atoms with Crippen LogP contribution >= 0.6 is 11.8 Å². The maximum atomic E-state index is 8.76. The molecule has 3 nitrogen and oxygen atoms in total. The van der Waals surface area contributed by atoms with Crippen LogP contribution in [-0.4, -0.2) is 9.78 Å². The molecule has 0 N–H and O–H groups in total. The molecule has 1 aromatic heterocycles. The molecule has 0 aliphatic heterocycles. The van der Waals surface area contributed by atoms with E-state index in [0.29, 0.717) is 5.56 Å². The zero-order valence-corrected chi connectivity index (χ0v) is 9.03. The Bertz CT molecular complexity index is 511. The molecule has 1 aromatic carbocycles. The molecule has 0 amide bonds. The molecule has 0 unspecified atom stereocenters. The van der Waals surface area contributed by atoms with Gasteiger partial charge in [-0.05, 0) is 18.2 Å². The van der Waals surface area contributed by atoms with Crippen molar-refractivity contribution in [2.24, 2.45) is 7.05 Å². The van der Waals surface area contributed by atoms with Gasteiger partial charge in [-0.25, -0.2) is 0 Å². The molecule has 0 radical (unpaired) electrons. The third kappa shape index (κ3) is 2.39. The summed E-state index contributed by atoms with van der Waals surface area (Å²) in [5.41, 5.74) is 0.684. The number of nitriles is 1. The zero-order valence-electron chi connectivity index (χ0n) is 8.21. The largest absolute Gasteiger partial charge is 0.275 e. The van der Waals surface area contributed by atoms with Crippen LogP contribution in [0.5, 0.6) is 0 Å². The first-order chi connectivity index (χ1) is 7.28. The van der Waals surface area contributed by atoms with Crippen molar-refractivity contribution in [1.82, 2.24) is 9.78 Å². The van der Waals surface area contributed by atoms with E-state index >= 15 is 0 Å². The Labute approximate surface area is 92.3 Å². The summed E-state index contributed by atoms with van der Waals surface area (Å²) in [7, 11) is 1.88. The third-order valence-electron chi connectivity index (χ3n) is 1.88. The van der Waals surface area contributed by atoms with Crippen molar-refractivity contribution in [2.75, 3.05) is 0 Å². The van der Waals surface area contributed by atoms with Crippen LogP contribution in [0.4, 0.5) is 0 Å². The van der Waals surface area contributed by atoms with E-state index in [1.807, 2.05) is 37.6 Å². The van der Waals surface area contributed by atoms with Crippen LogP contribution in [0.2, 0.25) is 0 Å². The monoisotopic (exact) mass is 215 g/mol. The Morgan fingerprint density at radius 3 is 2.93 bits per heavy atom. The normalized spacial score (nSPS) is 9.87. The number of benzene rings is 1. The minimum Gasteiger partial charge on any atom is -0.275 e. The van der Waals surface area contributed by atoms with Crippen LogP contribution in [0.15, 0.2) is 46.5 Å². The van der Waals surface area contributed by atoms with Crippen LogP contribution in [0.1, 0.15) is 5.56 Å². The van der Waals surface area contributed by atoms with Crippen LogP contribution in [0.25, 0.3) is 0 Å². The van der Waals surface area contributed by atoms with Gasteiger partial charge in [-0.15, -0.1) is 0 Å². The summed E-state index contributed by atoms with van der Waals surface area (Å²) in [4.78, 5) is 2.13. The number of nitrogens with zero attached hydrogens (tertiary/aromatic N) is 3. The van der Waals surface area contributed by atoms with E-state index in [1.54, 1.807) is 22.5 Å². The molecule has 15 heavy (non-hydrogen) atoms. The molecule has 0 bridgehead atoms. The molecule has 0 fully saturated rings. The molecular formula is C11H9N3S. The number of hydrogen-bond acceptors (Lipinski definition) is 3. The topological polar surface area (TPSA) is 41.6 Å². The van der Waals surface area contributed by atoms with Crippen molar-refractivity contribution in [3.63, 3.8) is 0 Å². The van der Waals surface area contributed by atoms with Crippen molar-refractivity contribution < 1.29 is 0 Å². The molecule has 0 spiro atoms. The molecule has 74 valence electrons. The van der Waals surface area contributed by atoms with E-state index in [-0.39, 0.29) is 0 Å². The van der Waals surface area contributed by atoms with Gasteiger partial charge in [0.2, 0.25) is 0 Å². The van der Waals surface area contributed by atoms with E-state index in [4.69, 9.17) is 5.26 Å². The maximum Gasteiger partial charge on any atom is 0.0992 e. The van der Waals surface area contributed by atoms with Gasteiger partial charge in [0.1, 0.15) is 0 Å². The number of aromatic nitrogens is 2. The smallest absolute Gasteiger partial charge is 0.0992 e. The van der Waals surface area contributed by atoms with Gasteiger partial charge in [-0.3, -0.25) is 4.68 Å². The minimum absolute atomic E-state index is 0.684. The Kier molecular flexibility index (Phi) is 2.75. The number of rotatable bonds is 2. The molecule has 4 heteroatoms. The molecule has 2 aromatic rings. The zero-order chi connectivity index (χ0) is 10.7.